The number of hydrogen-bond donors (Lipinski definition) is 1. The fourth-order valence-electron chi connectivity index (χ4n) is 2.55. The molecule has 0 unspecified atom stereocenters. The second-order valence-corrected chi connectivity index (χ2v) is 6.58. The minimum absolute atomic E-state index is 0.0780. The molecule has 4 heteroatoms. The molecule has 0 bridgehead atoms. The van der Waals surface area contributed by atoms with Gasteiger partial charge in [-0.2, -0.15) is 0 Å². The van der Waals surface area contributed by atoms with Crippen molar-refractivity contribution in [3.05, 3.63) is 56.6 Å². The third kappa shape index (κ3) is 3.94. The van der Waals surface area contributed by atoms with Crippen LogP contribution in [0.4, 0.5) is 5.69 Å². The highest BCUT2D eigenvalue weighted by atomic mass is 79.9. The topological polar surface area (TPSA) is 38.3 Å². The first kappa shape index (κ1) is 17.5. The summed E-state index contributed by atoms with van der Waals surface area (Å²) < 4.78 is 7.11. The van der Waals surface area contributed by atoms with Crippen molar-refractivity contribution in [2.75, 3.05) is 5.32 Å². The summed E-state index contributed by atoms with van der Waals surface area (Å²) in [4.78, 5) is 11.0. The van der Waals surface area contributed by atoms with Crippen molar-refractivity contribution >= 4 is 27.5 Å². The maximum atomic E-state index is 11.0. The normalized spacial score (nSPS) is 10.5. The maximum Gasteiger partial charge on any atom is 0.221 e. The third-order valence-corrected chi connectivity index (χ3v) is 5.44. The maximum absolute atomic E-state index is 11.0. The SMILES string of the molecule is CC(=O)Nc1ccc(OCc2c(C)c(C)c(Br)c(C)c2C)cc1. The zero-order chi connectivity index (χ0) is 17.1. The molecule has 2 aromatic rings. The van der Waals surface area contributed by atoms with Gasteiger partial charge in [-0.05, 0) is 79.8 Å². The third-order valence-electron chi connectivity index (χ3n) is 4.25. The van der Waals surface area contributed by atoms with Crippen molar-refractivity contribution in [1.82, 2.24) is 0 Å². The van der Waals surface area contributed by atoms with E-state index in [0.717, 1.165) is 11.4 Å². The number of anilines is 1. The first-order valence-corrected chi connectivity index (χ1v) is 8.35. The van der Waals surface area contributed by atoms with E-state index in [-0.39, 0.29) is 5.91 Å². The van der Waals surface area contributed by atoms with E-state index < -0.39 is 0 Å². The molecule has 0 aliphatic rings. The smallest absolute Gasteiger partial charge is 0.221 e. The Labute approximate surface area is 146 Å². The van der Waals surface area contributed by atoms with Crippen molar-refractivity contribution in [1.29, 1.82) is 0 Å². The number of benzene rings is 2. The molecule has 1 N–H and O–H groups in total. The number of halogens is 1. The van der Waals surface area contributed by atoms with E-state index in [1.54, 1.807) is 0 Å². The number of amides is 1. The molecule has 0 radical (unpaired) electrons. The monoisotopic (exact) mass is 375 g/mol. The molecule has 0 saturated heterocycles. The molecule has 122 valence electrons. The Morgan fingerprint density at radius 2 is 1.52 bits per heavy atom. The standard InChI is InChI=1S/C19H22BrNO2/c1-11-13(3)19(20)14(4)12(2)18(11)10-23-17-8-6-16(7-9-17)21-15(5)22/h6-9H,10H2,1-5H3,(H,21,22). The molecule has 0 fully saturated rings. The summed E-state index contributed by atoms with van der Waals surface area (Å²) in [6.45, 7) is 10.5. The predicted octanol–water partition coefficient (Wildman–Crippen LogP) is 5.22. The molecule has 3 nitrogen and oxygen atoms in total. The average Bonchev–Trinajstić information content (AvgIpc) is 2.52. The number of ether oxygens (including phenoxy) is 1. The van der Waals surface area contributed by atoms with E-state index in [1.807, 2.05) is 24.3 Å². The molecular weight excluding hydrogens is 354 g/mol. The van der Waals surface area contributed by atoms with Crippen LogP contribution in [0, 0.1) is 27.7 Å². The van der Waals surface area contributed by atoms with Gasteiger partial charge >= 0.3 is 0 Å². The van der Waals surface area contributed by atoms with Crippen LogP contribution >= 0.6 is 15.9 Å². The second kappa shape index (κ2) is 7.18. The highest BCUT2D eigenvalue weighted by Crippen LogP contribution is 2.31. The molecule has 2 rings (SSSR count). The molecule has 2 aromatic carbocycles. The van der Waals surface area contributed by atoms with E-state index in [1.165, 1.54) is 39.2 Å². The molecule has 0 saturated carbocycles. The van der Waals surface area contributed by atoms with E-state index in [4.69, 9.17) is 4.74 Å². The van der Waals surface area contributed by atoms with Gasteiger partial charge in [-0.3, -0.25) is 4.79 Å². The van der Waals surface area contributed by atoms with Crippen LogP contribution in [-0.4, -0.2) is 5.91 Å². The summed E-state index contributed by atoms with van der Waals surface area (Å²) in [6.07, 6.45) is 0. The number of hydrogen-bond acceptors (Lipinski definition) is 2. The van der Waals surface area contributed by atoms with Crippen molar-refractivity contribution < 1.29 is 9.53 Å². The number of rotatable bonds is 4. The summed E-state index contributed by atoms with van der Waals surface area (Å²) in [7, 11) is 0. The number of carbonyl (C=O) groups is 1. The summed E-state index contributed by atoms with van der Waals surface area (Å²) in [5, 5.41) is 2.75. The largest absolute Gasteiger partial charge is 0.489 e. The lowest BCUT2D eigenvalue weighted by Crippen LogP contribution is -2.06. The Hall–Kier alpha value is -1.81. The van der Waals surface area contributed by atoms with Crippen molar-refractivity contribution in [3.63, 3.8) is 0 Å². The van der Waals surface area contributed by atoms with Crippen LogP contribution in [0.5, 0.6) is 5.75 Å². The van der Waals surface area contributed by atoms with Gasteiger partial charge in [-0.1, -0.05) is 15.9 Å². The van der Waals surface area contributed by atoms with Gasteiger partial charge in [0.05, 0.1) is 0 Å². The molecule has 0 aromatic heterocycles. The van der Waals surface area contributed by atoms with Gasteiger partial charge in [0.1, 0.15) is 12.4 Å². The summed E-state index contributed by atoms with van der Waals surface area (Å²) >= 11 is 3.66. The van der Waals surface area contributed by atoms with E-state index in [0.29, 0.717) is 6.61 Å². The van der Waals surface area contributed by atoms with Gasteiger partial charge in [-0.25, -0.2) is 0 Å². The lowest BCUT2D eigenvalue weighted by atomic mass is 9.95. The first-order chi connectivity index (χ1) is 10.8. The highest BCUT2D eigenvalue weighted by molar-refractivity contribution is 9.10. The molecule has 0 heterocycles. The van der Waals surface area contributed by atoms with Crippen LogP contribution in [0.1, 0.15) is 34.7 Å². The van der Waals surface area contributed by atoms with Crippen LogP contribution < -0.4 is 10.1 Å². The lowest BCUT2D eigenvalue weighted by Gasteiger charge is -2.18. The first-order valence-electron chi connectivity index (χ1n) is 7.56. The lowest BCUT2D eigenvalue weighted by molar-refractivity contribution is -0.114. The van der Waals surface area contributed by atoms with Crippen molar-refractivity contribution in [2.24, 2.45) is 0 Å². The molecule has 1 amide bonds. The molecule has 0 spiro atoms. The average molecular weight is 376 g/mol. The second-order valence-electron chi connectivity index (χ2n) is 5.79. The van der Waals surface area contributed by atoms with Crippen LogP contribution in [0.15, 0.2) is 28.7 Å². The van der Waals surface area contributed by atoms with Crippen molar-refractivity contribution in [3.8, 4) is 5.75 Å². The Morgan fingerprint density at radius 1 is 1.00 bits per heavy atom. The number of nitrogens with one attached hydrogen (secondary N) is 1. The van der Waals surface area contributed by atoms with Gasteiger partial charge < -0.3 is 10.1 Å². The van der Waals surface area contributed by atoms with E-state index in [2.05, 4.69) is 48.9 Å². The zero-order valence-corrected chi connectivity index (χ0v) is 15.8. The highest BCUT2D eigenvalue weighted by Gasteiger charge is 2.13. The molecular formula is C19H22BrNO2. The predicted molar refractivity (Wildman–Crippen MR) is 98.2 cm³/mol. The molecule has 0 aliphatic carbocycles. The van der Waals surface area contributed by atoms with E-state index >= 15 is 0 Å². The molecule has 23 heavy (non-hydrogen) atoms. The van der Waals surface area contributed by atoms with Gasteiger partial charge in [0.15, 0.2) is 0 Å². The van der Waals surface area contributed by atoms with Crippen LogP contribution in [0.25, 0.3) is 0 Å². The molecule has 0 aliphatic heterocycles. The number of carbonyl (C=O) groups excluding carboxylic acids is 1. The summed E-state index contributed by atoms with van der Waals surface area (Å²) in [5.74, 6) is 0.710. The quantitative estimate of drug-likeness (QED) is 0.795. The Balaban J connectivity index is 2.17. The zero-order valence-electron chi connectivity index (χ0n) is 14.2. The van der Waals surface area contributed by atoms with Crippen molar-refractivity contribution in [2.45, 2.75) is 41.2 Å². The fourth-order valence-corrected chi connectivity index (χ4v) is 3.15. The van der Waals surface area contributed by atoms with Gasteiger partial charge in [0.2, 0.25) is 5.91 Å². The van der Waals surface area contributed by atoms with Gasteiger partial charge in [-0.15, -0.1) is 0 Å². The summed E-state index contributed by atoms with van der Waals surface area (Å²) in [6, 6.07) is 7.42. The van der Waals surface area contributed by atoms with Crippen LogP contribution in [-0.2, 0) is 11.4 Å². The van der Waals surface area contributed by atoms with Gasteiger partial charge in [0, 0.05) is 17.1 Å². The fraction of sp³-hybridized carbons (Fsp3) is 0.316. The van der Waals surface area contributed by atoms with Gasteiger partial charge in [0.25, 0.3) is 0 Å². The Morgan fingerprint density at radius 3 is 2.00 bits per heavy atom. The minimum Gasteiger partial charge on any atom is -0.489 e. The minimum atomic E-state index is -0.0780. The van der Waals surface area contributed by atoms with E-state index in [9.17, 15) is 4.79 Å². The Bertz CT molecular complexity index is 707. The summed E-state index contributed by atoms with van der Waals surface area (Å²) in [5.41, 5.74) is 7.03. The van der Waals surface area contributed by atoms with Crippen LogP contribution in [0.3, 0.4) is 0 Å². The molecule has 0 atom stereocenters. The van der Waals surface area contributed by atoms with Crippen LogP contribution in [0.2, 0.25) is 0 Å². The Kier molecular flexibility index (Phi) is 5.47.